The molecule has 1 aliphatic heterocycles. The highest BCUT2D eigenvalue weighted by Crippen LogP contribution is 2.11. The van der Waals surface area contributed by atoms with E-state index >= 15 is 0 Å². The first-order valence-electron chi connectivity index (χ1n) is 6.89. The predicted octanol–water partition coefficient (Wildman–Crippen LogP) is 1.64. The van der Waals surface area contributed by atoms with Crippen LogP contribution in [-0.4, -0.2) is 44.2 Å². The minimum atomic E-state index is -0.418. The molecule has 2 heterocycles. The minimum Gasteiger partial charge on any atom is -0.463 e. The summed E-state index contributed by atoms with van der Waals surface area (Å²) in [6.07, 6.45) is 5.33. The fraction of sp³-hybridized carbons (Fsp3) is 0.643. The van der Waals surface area contributed by atoms with Crippen molar-refractivity contribution in [3.63, 3.8) is 0 Å². The molecule has 0 aromatic carbocycles. The summed E-state index contributed by atoms with van der Waals surface area (Å²) in [6, 6.07) is 1.81. The highest BCUT2D eigenvalue weighted by molar-refractivity contribution is 5.87. The van der Waals surface area contributed by atoms with Crippen LogP contribution in [0.3, 0.4) is 0 Å². The molecule has 106 valence electrons. The predicted molar refractivity (Wildman–Crippen MR) is 72.0 cm³/mol. The molecule has 0 bridgehead atoms. The van der Waals surface area contributed by atoms with Gasteiger partial charge in [-0.05, 0) is 51.5 Å². The van der Waals surface area contributed by atoms with Gasteiger partial charge in [0.25, 0.3) is 0 Å². The third-order valence-electron chi connectivity index (χ3n) is 3.46. The molecule has 1 aromatic heterocycles. The Bertz CT molecular complexity index is 397. The van der Waals surface area contributed by atoms with Crippen LogP contribution in [0, 0.1) is 0 Å². The van der Waals surface area contributed by atoms with Crippen molar-refractivity contribution in [1.29, 1.82) is 0 Å². The van der Waals surface area contributed by atoms with Crippen molar-refractivity contribution in [2.24, 2.45) is 0 Å². The summed E-state index contributed by atoms with van der Waals surface area (Å²) in [5, 5.41) is 3.34. The minimum absolute atomic E-state index is 0.301. The first-order valence-corrected chi connectivity index (χ1v) is 6.89. The Morgan fingerprint density at radius 1 is 1.47 bits per heavy atom. The standard InChI is InChI=1S/C14H22N2O3/c1-18-14(17)13-12(5-10-19-13)11-15-6-4-9-16-7-2-3-8-16/h5,10,15H,2-4,6-9,11H2,1H3. The number of carbonyl (C=O) groups excluding carboxylic acids is 1. The van der Waals surface area contributed by atoms with Gasteiger partial charge in [0.05, 0.1) is 13.4 Å². The van der Waals surface area contributed by atoms with Crippen molar-refractivity contribution in [2.45, 2.75) is 25.8 Å². The van der Waals surface area contributed by atoms with Crippen molar-refractivity contribution in [3.05, 3.63) is 23.7 Å². The quantitative estimate of drug-likeness (QED) is 0.600. The Morgan fingerprint density at radius 2 is 2.26 bits per heavy atom. The van der Waals surface area contributed by atoms with E-state index < -0.39 is 5.97 Å². The summed E-state index contributed by atoms with van der Waals surface area (Å²) in [6.45, 7) is 5.23. The number of likely N-dealkylation sites (tertiary alicyclic amines) is 1. The van der Waals surface area contributed by atoms with E-state index in [1.807, 2.05) is 0 Å². The van der Waals surface area contributed by atoms with Gasteiger partial charge in [-0.15, -0.1) is 0 Å². The molecule has 1 N–H and O–H groups in total. The Labute approximate surface area is 113 Å². The van der Waals surface area contributed by atoms with Crippen LogP contribution < -0.4 is 5.32 Å². The fourth-order valence-corrected chi connectivity index (χ4v) is 2.40. The molecule has 1 aliphatic rings. The normalized spacial score (nSPS) is 15.8. The molecule has 0 radical (unpaired) electrons. The van der Waals surface area contributed by atoms with Crippen molar-refractivity contribution in [2.75, 3.05) is 33.3 Å². The van der Waals surface area contributed by atoms with Crippen LogP contribution in [0.4, 0.5) is 0 Å². The van der Waals surface area contributed by atoms with Crippen LogP contribution >= 0.6 is 0 Å². The van der Waals surface area contributed by atoms with E-state index in [0.717, 1.165) is 25.1 Å². The van der Waals surface area contributed by atoms with Gasteiger partial charge in [0.1, 0.15) is 0 Å². The largest absolute Gasteiger partial charge is 0.463 e. The highest BCUT2D eigenvalue weighted by atomic mass is 16.5. The second kappa shape index (κ2) is 7.31. The molecule has 0 unspecified atom stereocenters. The van der Waals surface area contributed by atoms with E-state index in [1.165, 1.54) is 39.3 Å². The fourth-order valence-electron chi connectivity index (χ4n) is 2.40. The van der Waals surface area contributed by atoms with E-state index in [-0.39, 0.29) is 0 Å². The number of hydrogen-bond donors (Lipinski definition) is 1. The molecule has 1 fully saturated rings. The van der Waals surface area contributed by atoms with E-state index in [9.17, 15) is 4.79 Å². The molecule has 5 nitrogen and oxygen atoms in total. The van der Waals surface area contributed by atoms with Crippen molar-refractivity contribution in [1.82, 2.24) is 10.2 Å². The Balaban J connectivity index is 1.65. The Hall–Kier alpha value is -1.33. The molecule has 2 rings (SSSR count). The van der Waals surface area contributed by atoms with Gasteiger partial charge >= 0.3 is 5.97 Å². The maximum absolute atomic E-state index is 11.4. The second-order valence-corrected chi connectivity index (χ2v) is 4.85. The van der Waals surface area contributed by atoms with Gasteiger partial charge in [-0.1, -0.05) is 0 Å². The molecule has 0 saturated carbocycles. The zero-order valence-electron chi connectivity index (χ0n) is 11.5. The number of nitrogens with one attached hydrogen (secondary N) is 1. The third-order valence-corrected chi connectivity index (χ3v) is 3.46. The summed E-state index contributed by atoms with van der Waals surface area (Å²) < 4.78 is 9.80. The molecule has 0 amide bonds. The van der Waals surface area contributed by atoms with Gasteiger partial charge in [0.2, 0.25) is 5.76 Å². The number of ether oxygens (including phenoxy) is 1. The first-order chi connectivity index (χ1) is 9.31. The second-order valence-electron chi connectivity index (χ2n) is 4.85. The lowest BCUT2D eigenvalue weighted by Gasteiger charge is -2.14. The molecular formula is C14H22N2O3. The lowest BCUT2D eigenvalue weighted by molar-refractivity contribution is 0.0563. The molecule has 5 heteroatoms. The summed E-state index contributed by atoms with van der Waals surface area (Å²) in [5.74, 6) is -0.117. The molecule has 1 aromatic rings. The van der Waals surface area contributed by atoms with Crippen LogP contribution in [-0.2, 0) is 11.3 Å². The van der Waals surface area contributed by atoms with Crippen LogP contribution in [0.5, 0.6) is 0 Å². The van der Waals surface area contributed by atoms with E-state index in [4.69, 9.17) is 4.42 Å². The molecule has 0 spiro atoms. The number of furan rings is 1. The number of esters is 1. The Morgan fingerprint density at radius 3 is 3.00 bits per heavy atom. The summed E-state index contributed by atoms with van der Waals surface area (Å²) >= 11 is 0. The molecular weight excluding hydrogens is 244 g/mol. The van der Waals surface area contributed by atoms with Gasteiger partial charge in [0.15, 0.2) is 0 Å². The van der Waals surface area contributed by atoms with Gasteiger partial charge in [0, 0.05) is 12.1 Å². The molecule has 0 atom stereocenters. The molecule has 0 aliphatic carbocycles. The van der Waals surface area contributed by atoms with E-state index in [0.29, 0.717) is 12.3 Å². The molecule has 1 saturated heterocycles. The summed E-state index contributed by atoms with van der Waals surface area (Å²) in [7, 11) is 1.36. The van der Waals surface area contributed by atoms with Crippen LogP contribution in [0.25, 0.3) is 0 Å². The van der Waals surface area contributed by atoms with Crippen LogP contribution in [0.2, 0.25) is 0 Å². The SMILES string of the molecule is COC(=O)c1occc1CNCCCN1CCCC1. The third kappa shape index (κ3) is 4.08. The average Bonchev–Trinajstić information content (AvgIpc) is 3.08. The smallest absolute Gasteiger partial charge is 0.374 e. The zero-order valence-corrected chi connectivity index (χ0v) is 11.5. The van der Waals surface area contributed by atoms with Gasteiger partial charge in [-0.25, -0.2) is 4.79 Å². The maximum Gasteiger partial charge on any atom is 0.374 e. The lowest BCUT2D eigenvalue weighted by Crippen LogP contribution is -2.24. The van der Waals surface area contributed by atoms with Gasteiger partial charge < -0.3 is 19.4 Å². The van der Waals surface area contributed by atoms with Crippen LogP contribution in [0.1, 0.15) is 35.4 Å². The topological polar surface area (TPSA) is 54.7 Å². The van der Waals surface area contributed by atoms with Crippen molar-refractivity contribution < 1.29 is 13.9 Å². The monoisotopic (exact) mass is 266 g/mol. The van der Waals surface area contributed by atoms with Gasteiger partial charge in [-0.3, -0.25) is 0 Å². The lowest BCUT2D eigenvalue weighted by atomic mass is 10.2. The number of rotatable bonds is 7. The highest BCUT2D eigenvalue weighted by Gasteiger charge is 2.15. The van der Waals surface area contributed by atoms with E-state index in [1.54, 1.807) is 6.07 Å². The first kappa shape index (κ1) is 14.1. The van der Waals surface area contributed by atoms with E-state index in [2.05, 4.69) is 15.0 Å². The number of methoxy groups -OCH3 is 1. The van der Waals surface area contributed by atoms with Gasteiger partial charge in [-0.2, -0.15) is 0 Å². The van der Waals surface area contributed by atoms with Crippen LogP contribution in [0.15, 0.2) is 16.7 Å². The number of carbonyl (C=O) groups is 1. The maximum atomic E-state index is 11.4. The summed E-state index contributed by atoms with van der Waals surface area (Å²) in [5.41, 5.74) is 0.855. The Kier molecular flexibility index (Phi) is 5.42. The molecule has 19 heavy (non-hydrogen) atoms. The average molecular weight is 266 g/mol. The van der Waals surface area contributed by atoms with Crippen molar-refractivity contribution >= 4 is 5.97 Å². The number of hydrogen-bond acceptors (Lipinski definition) is 5. The summed E-state index contributed by atoms with van der Waals surface area (Å²) in [4.78, 5) is 13.9. The number of nitrogens with zero attached hydrogens (tertiary/aromatic N) is 1. The van der Waals surface area contributed by atoms with Crippen molar-refractivity contribution in [3.8, 4) is 0 Å². The zero-order chi connectivity index (χ0) is 13.5.